The van der Waals surface area contributed by atoms with Gasteiger partial charge in [0.15, 0.2) is 5.16 Å². The van der Waals surface area contributed by atoms with Gasteiger partial charge in [-0.2, -0.15) is 4.98 Å². The number of hydrogen-bond donors (Lipinski definition) is 1. The number of aryl methyl sites for hydroxylation is 1. The highest BCUT2D eigenvalue weighted by Crippen LogP contribution is 2.34. The summed E-state index contributed by atoms with van der Waals surface area (Å²) in [5, 5.41) is 4.54. The number of halogens is 2. The molecule has 6 nitrogen and oxygen atoms in total. The molecule has 104 valence electrons. The second-order valence-corrected chi connectivity index (χ2v) is 8.05. The van der Waals surface area contributed by atoms with Crippen LogP contribution in [0.4, 0.5) is 5.95 Å². The minimum Gasteiger partial charge on any atom is -0.246 e. The molecule has 2 aromatic rings. The molecule has 0 amide bonds. The Kier molecular flexibility index (Phi) is 4.31. The minimum atomic E-state index is -3.84. The van der Waals surface area contributed by atoms with Crippen LogP contribution in [0.1, 0.15) is 0 Å². The van der Waals surface area contributed by atoms with Crippen LogP contribution < -0.4 is 4.72 Å². The highest BCUT2D eigenvalue weighted by atomic mass is 35.5. The third kappa shape index (κ3) is 3.16. The molecule has 0 saturated carbocycles. The zero-order valence-corrected chi connectivity index (χ0v) is 13.7. The first-order valence-corrected chi connectivity index (χ1v) is 9.04. The van der Waals surface area contributed by atoms with E-state index in [1.807, 2.05) is 6.26 Å². The molecule has 0 radical (unpaired) electrons. The van der Waals surface area contributed by atoms with E-state index in [9.17, 15) is 8.42 Å². The van der Waals surface area contributed by atoms with Crippen LogP contribution in [0.25, 0.3) is 0 Å². The van der Waals surface area contributed by atoms with Crippen molar-refractivity contribution in [2.45, 2.75) is 10.1 Å². The lowest BCUT2D eigenvalue weighted by Gasteiger charge is -2.02. The van der Waals surface area contributed by atoms with Gasteiger partial charge in [-0.05, 0) is 12.3 Å². The molecule has 0 aliphatic carbocycles. The maximum Gasteiger partial charge on any atom is 0.266 e. The van der Waals surface area contributed by atoms with Crippen LogP contribution in [-0.2, 0) is 17.1 Å². The average molecular weight is 359 g/mol. The highest BCUT2D eigenvalue weighted by Gasteiger charge is 2.23. The van der Waals surface area contributed by atoms with Gasteiger partial charge in [0.25, 0.3) is 16.0 Å². The molecule has 19 heavy (non-hydrogen) atoms. The van der Waals surface area contributed by atoms with Gasteiger partial charge in [-0.15, -0.1) is 16.4 Å². The second kappa shape index (κ2) is 5.49. The lowest BCUT2D eigenvalue weighted by atomic mass is 10.7. The molecule has 0 saturated heterocycles. The van der Waals surface area contributed by atoms with Crippen LogP contribution in [0, 0.1) is 0 Å². The first kappa shape index (κ1) is 14.9. The Balaban J connectivity index is 2.33. The SMILES string of the molecule is CSc1nc(NS(=O)(=O)c2cc(Cl)sc2Cl)nn1C. The molecule has 0 bridgehead atoms. The summed E-state index contributed by atoms with van der Waals surface area (Å²) in [5.41, 5.74) is 0. The maximum absolute atomic E-state index is 12.1. The van der Waals surface area contributed by atoms with Gasteiger partial charge in [-0.25, -0.2) is 17.8 Å². The fourth-order valence-electron chi connectivity index (χ4n) is 1.27. The first-order chi connectivity index (χ1) is 8.83. The molecule has 0 aliphatic rings. The van der Waals surface area contributed by atoms with Crippen LogP contribution in [0.3, 0.4) is 0 Å². The quantitative estimate of drug-likeness (QED) is 0.850. The van der Waals surface area contributed by atoms with E-state index in [1.54, 1.807) is 7.05 Å². The van der Waals surface area contributed by atoms with Crippen LogP contribution >= 0.6 is 46.3 Å². The van der Waals surface area contributed by atoms with Crippen molar-refractivity contribution in [2.24, 2.45) is 7.05 Å². The van der Waals surface area contributed by atoms with Crippen molar-refractivity contribution in [3.8, 4) is 0 Å². The van der Waals surface area contributed by atoms with Crippen LogP contribution in [-0.4, -0.2) is 29.4 Å². The van der Waals surface area contributed by atoms with Crippen molar-refractivity contribution < 1.29 is 8.42 Å². The van der Waals surface area contributed by atoms with Crippen LogP contribution in [0.2, 0.25) is 8.67 Å². The van der Waals surface area contributed by atoms with Crippen molar-refractivity contribution in [2.75, 3.05) is 11.0 Å². The summed E-state index contributed by atoms with van der Waals surface area (Å²) < 4.78 is 28.3. The van der Waals surface area contributed by atoms with Crippen LogP contribution in [0.5, 0.6) is 0 Å². The average Bonchev–Trinajstić information content (AvgIpc) is 2.81. The van der Waals surface area contributed by atoms with E-state index < -0.39 is 10.0 Å². The largest absolute Gasteiger partial charge is 0.266 e. The number of thiophene rings is 1. The number of hydrogen-bond acceptors (Lipinski definition) is 6. The van der Waals surface area contributed by atoms with Crippen molar-refractivity contribution in [3.05, 3.63) is 14.7 Å². The van der Waals surface area contributed by atoms with Crippen molar-refractivity contribution in [1.29, 1.82) is 0 Å². The fraction of sp³-hybridized carbons (Fsp3) is 0.250. The third-order valence-electron chi connectivity index (χ3n) is 2.05. The molecule has 1 N–H and O–H groups in total. The summed E-state index contributed by atoms with van der Waals surface area (Å²) in [6.45, 7) is 0. The Morgan fingerprint density at radius 3 is 2.63 bits per heavy atom. The fourth-order valence-corrected chi connectivity index (χ4v) is 4.85. The zero-order valence-electron chi connectivity index (χ0n) is 9.72. The third-order valence-corrected chi connectivity index (χ3v) is 5.85. The van der Waals surface area contributed by atoms with Gasteiger partial charge >= 0.3 is 0 Å². The number of nitrogens with zero attached hydrogens (tertiary/aromatic N) is 3. The van der Waals surface area contributed by atoms with Crippen molar-refractivity contribution in [3.63, 3.8) is 0 Å². The van der Waals surface area contributed by atoms with Crippen molar-refractivity contribution in [1.82, 2.24) is 14.8 Å². The smallest absolute Gasteiger partial charge is 0.246 e. The second-order valence-electron chi connectivity index (χ2n) is 3.34. The van der Waals surface area contributed by atoms with E-state index in [0.29, 0.717) is 9.49 Å². The Hall–Kier alpha value is -0.480. The summed E-state index contributed by atoms with van der Waals surface area (Å²) in [4.78, 5) is 3.95. The van der Waals surface area contributed by atoms with Crippen molar-refractivity contribution >= 4 is 62.3 Å². The molecule has 2 rings (SSSR count). The Morgan fingerprint density at radius 2 is 2.16 bits per heavy atom. The lowest BCUT2D eigenvalue weighted by Crippen LogP contribution is -2.13. The number of aromatic nitrogens is 3. The molecule has 0 aromatic carbocycles. The molecule has 0 spiro atoms. The molecule has 11 heteroatoms. The van der Waals surface area contributed by atoms with Gasteiger partial charge < -0.3 is 0 Å². The van der Waals surface area contributed by atoms with Crippen LogP contribution in [0.15, 0.2) is 16.1 Å². The first-order valence-electron chi connectivity index (χ1n) is 4.76. The number of anilines is 1. The zero-order chi connectivity index (χ0) is 14.2. The minimum absolute atomic E-state index is 0.00904. The van der Waals surface area contributed by atoms with Gasteiger partial charge in [-0.3, -0.25) is 0 Å². The van der Waals surface area contributed by atoms with E-state index in [2.05, 4.69) is 14.8 Å². The van der Waals surface area contributed by atoms with E-state index in [4.69, 9.17) is 23.2 Å². The van der Waals surface area contributed by atoms with Gasteiger partial charge in [0.2, 0.25) is 0 Å². The molecule has 2 heterocycles. The number of nitrogens with one attached hydrogen (secondary N) is 1. The molecule has 0 fully saturated rings. The monoisotopic (exact) mass is 358 g/mol. The summed E-state index contributed by atoms with van der Waals surface area (Å²) in [5.74, 6) is -0.00904. The van der Waals surface area contributed by atoms with E-state index in [1.165, 1.54) is 22.5 Å². The Labute approximate surface area is 128 Å². The summed E-state index contributed by atoms with van der Waals surface area (Å²) in [6.07, 6.45) is 1.82. The molecule has 2 aromatic heterocycles. The predicted molar refractivity (Wildman–Crippen MR) is 77.9 cm³/mol. The maximum atomic E-state index is 12.1. The Morgan fingerprint density at radius 1 is 1.47 bits per heavy atom. The normalized spacial score (nSPS) is 11.8. The van der Waals surface area contributed by atoms with Gasteiger partial charge in [0.1, 0.15) is 9.23 Å². The summed E-state index contributed by atoms with van der Waals surface area (Å²) >= 11 is 13.9. The molecular weight excluding hydrogens is 351 g/mol. The molecule has 0 atom stereocenters. The number of rotatable bonds is 4. The molecule has 0 aliphatic heterocycles. The van der Waals surface area contributed by atoms with Gasteiger partial charge in [-0.1, -0.05) is 35.0 Å². The number of thioether (sulfide) groups is 1. The summed E-state index contributed by atoms with van der Waals surface area (Å²) in [7, 11) is -2.17. The molecule has 0 unspecified atom stereocenters. The predicted octanol–water partition coefficient (Wildman–Crippen LogP) is 2.71. The van der Waals surface area contributed by atoms with E-state index in [-0.39, 0.29) is 15.2 Å². The summed E-state index contributed by atoms with van der Waals surface area (Å²) in [6, 6.07) is 1.29. The molecular formula is C8H8Cl2N4O2S3. The van der Waals surface area contributed by atoms with Gasteiger partial charge in [0.05, 0.1) is 4.34 Å². The standard InChI is InChI=1S/C8H8Cl2N4O2S3/c1-14-8(17-2)11-7(12-14)13-19(15,16)4-3-5(9)18-6(4)10/h3H,1-2H3,(H,12,13). The lowest BCUT2D eigenvalue weighted by molar-refractivity contribution is 0.601. The highest BCUT2D eigenvalue weighted by molar-refractivity contribution is 7.98. The van der Waals surface area contributed by atoms with E-state index in [0.717, 1.165) is 11.3 Å². The topological polar surface area (TPSA) is 76.9 Å². The van der Waals surface area contributed by atoms with Gasteiger partial charge in [0, 0.05) is 7.05 Å². The number of sulfonamides is 1. The Bertz CT molecular complexity index is 710. The van der Waals surface area contributed by atoms with E-state index >= 15 is 0 Å².